The van der Waals surface area contributed by atoms with Crippen molar-refractivity contribution in [2.75, 3.05) is 32.1 Å². The Kier molecular flexibility index (Phi) is 9.14. The van der Waals surface area contributed by atoms with Crippen LogP contribution in [0.1, 0.15) is 25.0 Å². The molecule has 184 valence electrons. The maximum Gasteiger partial charge on any atom is 0.234 e. The van der Waals surface area contributed by atoms with Gasteiger partial charge < -0.3 is 26.1 Å². The lowest BCUT2D eigenvalue weighted by atomic mass is 10.1. The topological polar surface area (TPSA) is 113 Å². The highest BCUT2D eigenvalue weighted by atomic mass is 16.5. The zero-order valence-electron chi connectivity index (χ0n) is 20.7. The van der Waals surface area contributed by atoms with Crippen molar-refractivity contribution in [1.82, 2.24) is 26.0 Å². The lowest BCUT2D eigenvalue weighted by Gasteiger charge is -2.13. The molecule has 0 aliphatic rings. The van der Waals surface area contributed by atoms with Crippen LogP contribution in [0, 0.1) is 6.92 Å². The molecular formula is C26H33N7O2. The zero-order valence-corrected chi connectivity index (χ0v) is 20.7. The monoisotopic (exact) mass is 475 g/mol. The number of ether oxygens (including phenoxy) is 1. The van der Waals surface area contributed by atoms with Crippen molar-refractivity contribution < 1.29 is 9.53 Å². The number of hydrazone groups is 1. The molecule has 2 aromatic carbocycles. The van der Waals surface area contributed by atoms with Crippen LogP contribution in [0.2, 0.25) is 0 Å². The van der Waals surface area contributed by atoms with Gasteiger partial charge in [-0.05, 0) is 42.3 Å². The molecule has 1 heterocycles. The number of amides is 1. The van der Waals surface area contributed by atoms with Crippen LogP contribution in [0.3, 0.4) is 0 Å². The summed E-state index contributed by atoms with van der Waals surface area (Å²) in [6.45, 7) is 11.1. The van der Waals surface area contributed by atoms with Crippen LogP contribution in [0.15, 0.2) is 54.3 Å². The van der Waals surface area contributed by atoms with Gasteiger partial charge in [0.1, 0.15) is 12.4 Å². The summed E-state index contributed by atoms with van der Waals surface area (Å²) in [4.78, 5) is 20.9. The minimum atomic E-state index is -0.0706. The highest BCUT2D eigenvalue weighted by Crippen LogP contribution is 2.27. The smallest absolute Gasteiger partial charge is 0.234 e. The molecule has 0 atom stereocenters. The Morgan fingerprint density at radius 3 is 2.83 bits per heavy atom. The number of anilines is 2. The minimum absolute atomic E-state index is 0.0706. The Bertz CT molecular complexity index is 1210. The van der Waals surface area contributed by atoms with Crippen LogP contribution in [-0.2, 0) is 4.79 Å². The van der Waals surface area contributed by atoms with Crippen LogP contribution >= 0.6 is 0 Å². The van der Waals surface area contributed by atoms with E-state index in [-0.39, 0.29) is 18.5 Å². The molecule has 0 spiro atoms. The molecular weight excluding hydrogens is 442 g/mol. The average molecular weight is 476 g/mol. The Hall–Kier alpha value is -3.98. The molecule has 0 bridgehead atoms. The first-order valence-corrected chi connectivity index (χ1v) is 11.5. The third kappa shape index (κ3) is 8.08. The maximum absolute atomic E-state index is 11.9. The fourth-order valence-electron chi connectivity index (χ4n) is 3.22. The summed E-state index contributed by atoms with van der Waals surface area (Å²) < 4.78 is 5.92. The van der Waals surface area contributed by atoms with Gasteiger partial charge in [0.25, 0.3) is 0 Å². The van der Waals surface area contributed by atoms with E-state index in [9.17, 15) is 4.79 Å². The lowest BCUT2D eigenvalue weighted by molar-refractivity contribution is -0.120. The molecule has 3 rings (SSSR count). The number of aryl methyl sites for hydroxylation is 1. The summed E-state index contributed by atoms with van der Waals surface area (Å²) in [6.07, 6.45) is 3.44. The van der Waals surface area contributed by atoms with Crippen LogP contribution in [0.4, 0.5) is 11.6 Å². The van der Waals surface area contributed by atoms with Gasteiger partial charge in [-0.25, -0.2) is 9.97 Å². The van der Waals surface area contributed by atoms with Gasteiger partial charge in [-0.1, -0.05) is 32.1 Å². The molecule has 9 heteroatoms. The van der Waals surface area contributed by atoms with Gasteiger partial charge in [0.2, 0.25) is 11.9 Å². The van der Waals surface area contributed by atoms with E-state index in [1.54, 1.807) is 19.5 Å². The Balaban J connectivity index is 1.73. The van der Waals surface area contributed by atoms with E-state index >= 15 is 0 Å². The van der Waals surface area contributed by atoms with Gasteiger partial charge in [0.05, 0.1) is 24.8 Å². The predicted molar refractivity (Wildman–Crippen MR) is 142 cm³/mol. The van der Waals surface area contributed by atoms with Crippen LogP contribution in [0.25, 0.3) is 16.5 Å². The number of fused-ring (bicyclic) bond motifs is 1. The molecule has 9 nitrogen and oxygen atoms in total. The molecule has 0 unspecified atom stereocenters. The van der Waals surface area contributed by atoms with E-state index in [4.69, 9.17) is 4.74 Å². The molecule has 35 heavy (non-hydrogen) atoms. The lowest BCUT2D eigenvalue weighted by Crippen LogP contribution is -2.38. The molecule has 0 aliphatic heterocycles. The highest BCUT2D eigenvalue weighted by molar-refractivity contribution is 6.09. The van der Waals surface area contributed by atoms with Crippen LogP contribution in [-0.4, -0.2) is 54.9 Å². The van der Waals surface area contributed by atoms with Gasteiger partial charge in [0, 0.05) is 36.4 Å². The summed E-state index contributed by atoms with van der Waals surface area (Å²) in [5.74, 6) is 1.03. The fourth-order valence-corrected chi connectivity index (χ4v) is 3.22. The first-order valence-electron chi connectivity index (χ1n) is 11.5. The number of carbonyl (C=O) groups excluding carboxylic acids is 1. The number of benzene rings is 2. The average Bonchev–Trinajstić information content (AvgIpc) is 2.83. The molecule has 0 radical (unpaired) electrons. The van der Waals surface area contributed by atoms with Crippen molar-refractivity contribution in [3.05, 3.63) is 60.3 Å². The van der Waals surface area contributed by atoms with Crippen LogP contribution in [0.5, 0.6) is 5.75 Å². The third-order valence-electron chi connectivity index (χ3n) is 4.98. The second-order valence-corrected chi connectivity index (χ2v) is 8.37. The van der Waals surface area contributed by atoms with Gasteiger partial charge in [-0.3, -0.25) is 4.79 Å². The largest absolute Gasteiger partial charge is 0.492 e. The quantitative estimate of drug-likeness (QED) is 0.180. The Labute approximate surface area is 206 Å². The number of hydrogen-bond acceptors (Lipinski definition) is 8. The van der Waals surface area contributed by atoms with Crippen molar-refractivity contribution in [3.63, 3.8) is 0 Å². The normalized spacial score (nSPS) is 11.1. The first-order chi connectivity index (χ1) is 16.8. The van der Waals surface area contributed by atoms with Gasteiger partial charge in [-0.15, -0.1) is 0 Å². The van der Waals surface area contributed by atoms with Crippen LogP contribution < -0.4 is 26.1 Å². The van der Waals surface area contributed by atoms with E-state index in [0.717, 1.165) is 27.7 Å². The summed E-state index contributed by atoms with van der Waals surface area (Å²) in [7, 11) is 1.72. The number of carbonyl (C=O) groups is 1. The van der Waals surface area contributed by atoms with Gasteiger partial charge >= 0.3 is 0 Å². The fraction of sp³-hybridized carbons (Fsp3) is 0.308. The Morgan fingerprint density at radius 2 is 2.06 bits per heavy atom. The van der Waals surface area contributed by atoms with Crippen molar-refractivity contribution in [1.29, 1.82) is 0 Å². The van der Waals surface area contributed by atoms with E-state index in [1.807, 2.05) is 51.1 Å². The number of hydrogen-bond donors (Lipinski definition) is 4. The first kappa shape index (κ1) is 25.6. The van der Waals surface area contributed by atoms with Crippen molar-refractivity contribution in [3.8, 4) is 5.75 Å². The summed E-state index contributed by atoms with van der Waals surface area (Å²) in [5.41, 5.74) is 7.01. The number of nitrogens with one attached hydrogen (secondary N) is 4. The van der Waals surface area contributed by atoms with E-state index < -0.39 is 0 Å². The molecule has 0 saturated heterocycles. The molecule has 3 aromatic rings. The standard InChI is InChI=1S/C26H33N7O2/c1-17(2)29-16-25(34)28-8-9-35-23-12-20(19(4)14-31-27-5)11-22(13-23)32-26-30-15-21-10-18(3)6-7-24(21)33-26/h6-7,10-15,17,27,29H,4,8-9,16H2,1-3,5H3,(H,28,34)(H,30,32,33)/b31-14-. The number of rotatable bonds is 12. The van der Waals surface area contributed by atoms with E-state index in [2.05, 4.69) is 49.1 Å². The third-order valence-corrected chi connectivity index (χ3v) is 4.98. The highest BCUT2D eigenvalue weighted by Gasteiger charge is 2.08. The molecule has 4 N–H and O–H groups in total. The molecule has 1 aromatic heterocycles. The number of aromatic nitrogens is 2. The summed E-state index contributed by atoms with van der Waals surface area (Å²) >= 11 is 0. The Morgan fingerprint density at radius 1 is 1.23 bits per heavy atom. The molecule has 0 aliphatic carbocycles. The number of nitrogens with zero attached hydrogens (tertiary/aromatic N) is 3. The minimum Gasteiger partial charge on any atom is -0.492 e. The van der Waals surface area contributed by atoms with Gasteiger partial charge in [0.15, 0.2) is 0 Å². The van der Waals surface area contributed by atoms with Crippen molar-refractivity contribution in [2.24, 2.45) is 5.10 Å². The molecule has 1 amide bonds. The maximum atomic E-state index is 11.9. The number of allylic oxidation sites excluding steroid dienone is 1. The van der Waals surface area contributed by atoms with Crippen molar-refractivity contribution in [2.45, 2.75) is 26.8 Å². The van der Waals surface area contributed by atoms with Crippen molar-refractivity contribution >= 4 is 40.2 Å². The molecule has 0 saturated carbocycles. The van der Waals surface area contributed by atoms with E-state index in [0.29, 0.717) is 30.4 Å². The van der Waals surface area contributed by atoms with E-state index in [1.165, 1.54) is 0 Å². The SMILES string of the molecule is C=C(/C=N\NC)c1cc(Nc2ncc3cc(C)ccc3n2)cc(OCCNC(=O)CNC(C)C)c1. The predicted octanol–water partition coefficient (Wildman–Crippen LogP) is 3.39. The molecule has 0 fully saturated rings. The summed E-state index contributed by atoms with van der Waals surface area (Å²) in [6, 6.07) is 12.0. The second kappa shape index (κ2) is 12.5. The zero-order chi connectivity index (χ0) is 25.2. The second-order valence-electron chi connectivity index (χ2n) is 8.37. The summed E-state index contributed by atoms with van der Waals surface area (Å²) in [5, 5.41) is 14.2. The van der Waals surface area contributed by atoms with Gasteiger partial charge in [-0.2, -0.15) is 5.10 Å².